The first kappa shape index (κ1) is 103. The second-order valence-corrected chi connectivity index (χ2v) is 18.1. The summed E-state index contributed by atoms with van der Waals surface area (Å²) < 4.78 is 812. The Morgan fingerprint density at radius 2 is 0.180 bits per heavy atom. The van der Waals surface area contributed by atoms with Crippen LogP contribution in [0.2, 0.25) is 0 Å². The summed E-state index contributed by atoms with van der Waals surface area (Å²) in [5.74, 6) is -229. The van der Waals surface area contributed by atoms with Crippen molar-refractivity contribution in [2.45, 2.75) is 198 Å². The van der Waals surface area contributed by atoms with Gasteiger partial charge in [-0.2, -0.15) is 277 Å². The molecule has 603 valence electrons. The van der Waals surface area contributed by atoms with E-state index in [1.165, 1.54) is 0 Å². The van der Waals surface area contributed by atoms with E-state index in [-0.39, 0.29) is 25.3 Å². The third-order valence-electron chi connectivity index (χ3n) is 11.7. The van der Waals surface area contributed by atoms with Gasteiger partial charge in [0.15, 0.2) is 0 Å². The van der Waals surface area contributed by atoms with Gasteiger partial charge in [0.2, 0.25) is 0 Å². The van der Waals surface area contributed by atoms with Gasteiger partial charge in [-0.15, -0.1) is 0 Å². The summed E-state index contributed by atoms with van der Waals surface area (Å²) in [7, 11) is 0. The van der Waals surface area contributed by atoms with Crippen LogP contribution in [0.25, 0.3) is 0 Å². The molecule has 0 atom stereocenters. The topological polar surface area (TPSA) is 0 Å². The van der Waals surface area contributed by atoms with Crippen LogP contribution in [-0.4, -0.2) is 202 Å². The molecule has 7 radical (unpaired) electrons. The van der Waals surface area contributed by atoms with Crippen LogP contribution in [0, 0.1) is 20.8 Å². The molecule has 0 aliphatic carbocycles. The molecule has 0 N–H and O–H groups in total. The van der Waals surface area contributed by atoms with Crippen molar-refractivity contribution < 1.29 is 278 Å². The summed E-state index contributed by atoms with van der Waals surface area (Å²) in [5, 5.41) is 0. The van der Waals surface area contributed by atoms with Crippen LogP contribution in [0.1, 0.15) is 20.7 Å². The third kappa shape index (κ3) is 13.3. The molecule has 0 spiro atoms. The number of halogens is 63. The van der Waals surface area contributed by atoms with Gasteiger partial charge in [0.25, 0.3) is 0 Å². The van der Waals surface area contributed by atoms with Crippen molar-refractivity contribution in [3.05, 3.63) is 20.8 Å². The Morgan fingerprint density at radius 1 is 0.120 bits per heavy atom. The average molecular weight is 1760 g/mol. The maximum Gasteiger partial charge on any atom is 0.460 e. The predicted octanol–water partition coefficient (Wildman–Crippen LogP) is 22.3. The third-order valence-corrected chi connectivity index (χ3v) is 11.7. The SMILES string of the molecule is [CH2]CC(F)(F)C(F)(F)C(F)(F)C(F)(F)C(F)(F)C(F)(F)C(F)(F)C(F)(F)C(F)(F)C(F)(F)F.[CH2]CC(F)(F)C(F)(F)C(F)(F)C(F)(F)C(F)(F)C(F)(F)C(F)(F)C(F)(F)C(F)(F)C(F)(F)F.[CH2]CC(F)(F)C(F)(F)C(F)(F)C(F)(F)C(F)(F)C(F)(F)C(F)(F)C(F)(F)C(F)(F)C(F)(F)F.[HH].[Sn]. The quantitative estimate of drug-likeness (QED) is 0.0568. The van der Waals surface area contributed by atoms with Gasteiger partial charge in [0.1, 0.15) is 0 Å². The molecule has 0 aliphatic rings. The summed E-state index contributed by atoms with van der Waals surface area (Å²) in [5.41, 5.74) is 0. The molecular formula is C36H14F63Sn. The van der Waals surface area contributed by atoms with E-state index in [2.05, 4.69) is 0 Å². The number of hydrogen-bond acceptors (Lipinski definition) is 0. The fourth-order valence-electron chi connectivity index (χ4n) is 5.24. The van der Waals surface area contributed by atoms with E-state index < -0.39 is 198 Å². The summed E-state index contributed by atoms with van der Waals surface area (Å²) in [6.45, 7) is 5.40. The molecule has 0 amide bonds. The molecule has 0 unspecified atom stereocenters. The van der Waals surface area contributed by atoms with Crippen molar-refractivity contribution >= 4 is 23.9 Å². The van der Waals surface area contributed by atoms with Crippen molar-refractivity contribution in [2.24, 2.45) is 0 Å². The van der Waals surface area contributed by atoms with Crippen LogP contribution in [0.4, 0.5) is 277 Å². The minimum Gasteiger partial charge on any atom is -0.200 e. The molecule has 0 saturated carbocycles. The molecule has 0 nitrogen and oxygen atoms in total. The predicted molar refractivity (Wildman–Crippen MR) is 190 cm³/mol. The van der Waals surface area contributed by atoms with Crippen LogP contribution in [0.3, 0.4) is 0 Å². The van der Waals surface area contributed by atoms with E-state index in [9.17, 15) is 277 Å². The summed E-state index contributed by atoms with van der Waals surface area (Å²) in [6, 6.07) is 0. The van der Waals surface area contributed by atoms with Gasteiger partial charge >= 0.3 is 178 Å². The summed E-state index contributed by atoms with van der Waals surface area (Å²) in [4.78, 5) is 0. The minimum absolute atomic E-state index is 0. The van der Waals surface area contributed by atoms with Crippen molar-refractivity contribution in [1.29, 1.82) is 0 Å². The Kier molecular flexibility index (Phi) is 27.1. The van der Waals surface area contributed by atoms with E-state index in [0.29, 0.717) is 0 Å². The van der Waals surface area contributed by atoms with Crippen LogP contribution in [0.15, 0.2) is 0 Å². The van der Waals surface area contributed by atoms with E-state index in [1.54, 1.807) is 20.8 Å². The van der Waals surface area contributed by atoms with Crippen molar-refractivity contribution in [3.63, 3.8) is 0 Å². The van der Waals surface area contributed by atoms with E-state index in [0.717, 1.165) is 0 Å². The first-order chi connectivity index (χ1) is 41.4. The van der Waals surface area contributed by atoms with Crippen molar-refractivity contribution in [1.82, 2.24) is 0 Å². The van der Waals surface area contributed by atoms with Gasteiger partial charge in [-0.25, -0.2) is 0 Å². The molecule has 64 heteroatoms. The van der Waals surface area contributed by atoms with Gasteiger partial charge in [0.05, 0.1) is 0 Å². The van der Waals surface area contributed by atoms with Crippen molar-refractivity contribution in [3.8, 4) is 0 Å². The molecular weight excluding hydrogens is 1750 g/mol. The van der Waals surface area contributed by atoms with Crippen molar-refractivity contribution in [2.75, 3.05) is 0 Å². The fraction of sp³-hybridized carbons (Fsp3) is 0.917. The second-order valence-electron chi connectivity index (χ2n) is 18.1. The van der Waals surface area contributed by atoms with E-state index >= 15 is 0 Å². The van der Waals surface area contributed by atoms with E-state index in [1.807, 2.05) is 0 Å². The molecule has 0 rings (SSSR count). The minimum atomic E-state index is -9.14. The van der Waals surface area contributed by atoms with Gasteiger partial charge in [0, 0.05) is 44.6 Å². The fourth-order valence-corrected chi connectivity index (χ4v) is 5.24. The van der Waals surface area contributed by atoms with Crippen LogP contribution in [0.5, 0.6) is 0 Å². The maximum absolute atomic E-state index is 13.3. The molecule has 0 heterocycles. The van der Waals surface area contributed by atoms with Crippen LogP contribution in [-0.2, 0) is 0 Å². The van der Waals surface area contributed by atoms with Gasteiger partial charge < -0.3 is 0 Å². The zero-order chi connectivity index (χ0) is 83.1. The second kappa shape index (κ2) is 26.4. The Balaban J connectivity index is -0.000000452. The number of alkyl halides is 63. The number of rotatable bonds is 27. The normalized spacial score (nSPS) is 16.7. The maximum atomic E-state index is 13.3. The van der Waals surface area contributed by atoms with E-state index in [4.69, 9.17) is 0 Å². The Hall–Kier alpha value is -3.61. The number of hydrogen-bond donors (Lipinski definition) is 0. The largest absolute Gasteiger partial charge is 0.460 e. The van der Waals surface area contributed by atoms with Crippen LogP contribution >= 0.6 is 0 Å². The molecule has 0 aromatic rings. The molecule has 0 aromatic heterocycles. The Labute approximate surface area is 521 Å². The molecule has 0 saturated heterocycles. The molecule has 100 heavy (non-hydrogen) atoms. The summed E-state index contributed by atoms with van der Waals surface area (Å²) >= 11 is 0. The smallest absolute Gasteiger partial charge is 0.200 e. The summed E-state index contributed by atoms with van der Waals surface area (Å²) in [6.07, 6.45) is -32.6. The zero-order valence-electron chi connectivity index (χ0n) is 43.6. The molecule has 0 aliphatic heterocycles. The molecule has 0 bridgehead atoms. The van der Waals surface area contributed by atoms with Crippen LogP contribution < -0.4 is 0 Å². The first-order valence-corrected chi connectivity index (χ1v) is 21.2. The monoisotopic (exact) mass is 1760 g/mol. The molecule has 0 fully saturated rings. The van der Waals surface area contributed by atoms with Gasteiger partial charge in [-0.05, 0) is 20.8 Å². The van der Waals surface area contributed by atoms with Gasteiger partial charge in [-0.3, -0.25) is 0 Å². The average Bonchev–Trinajstić information content (AvgIpc) is 0.697. The zero-order valence-corrected chi connectivity index (χ0v) is 46.4. The Morgan fingerprint density at radius 3 is 0.240 bits per heavy atom. The first-order valence-electron chi connectivity index (χ1n) is 21.2. The van der Waals surface area contributed by atoms with Gasteiger partial charge in [-0.1, -0.05) is 0 Å². The standard InChI is InChI=1S/3C12H4F21.Sn.H2/c3*1-2-3(13,14)4(15,16)5(17,18)6(19,20)7(21,22)8(23,24)9(25,26)10(27,28)11(29,30)12(31,32)33;;/h3*1-2H2;;1H. The Bertz CT molecular complexity index is 2430. The molecule has 0 aromatic carbocycles.